The second kappa shape index (κ2) is 8.98. The molecule has 3 aromatic heterocycles. The number of nitrogens with one attached hydrogen (secondary N) is 1. The molecule has 0 fully saturated rings. The van der Waals surface area contributed by atoms with Crippen LogP contribution in [0, 0.1) is 6.92 Å². The maximum absolute atomic E-state index is 12.7. The van der Waals surface area contributed by atoms with E-state index in [1.165, 1.54) is 10.4 Å². The number of carbonyl (C=O) groups excluding carboxylic acids is 1. The van der Waals surface area contributed by atoms with Gasteiger partial charge in [-0.15, -0.1) is 11.3 Å². The fourth-order valence-electron chi connectivity index (χ4n) is 3.88. The minimum Gasteiger partial charge on any atom is -0.464 e. The number of H-pyrrole nitrogens is 1. The molecule has 6 nitrogen and oxygen atoms in total. The molecular weight excluding hydrogens is 418 g/mol. The monoisotopic (exact) mass is 445 g/mol. The van der Waals surface area contributed by atoms with Crippen LogP contribution < -0.4 is 5.56 Å². The normalized spacial score (nSPS) is 13.3. The molecule has 0 saturated carbocycles. The smallest absolute Gasteiger partial charge is 0.259 e. The van der Waals surface area contributed by atoms with E-state index in [9.17, 15) is 9.59 Å². The number of thiophene rings is 1. The van der Waals surface area contributed by atoms with E-state index in [0.29, 0.717) is 30.3 Å². The molecule has 0 aliphatic heterocycles. The highest BCUT2D eigenvalue weighted by Gasteiger charge is 2.21. The van der Waals surface area contributed by atoms with Gasteiger partial charge in [-0.1, -0.05) is 0 Å². The largest absolute Gasteiger partial charge is 0.464 e. The van der Waals surface area contributed by atoms with Crippen molar-refractivity contribution in [1.82, 2.24) is 14.9 Å². The van der Waals surface area contributed by atoms with Crippen LogP contribution in [0.5, 0.6) is 0 Å². The molecule has 1 aliphatic carbocycles. The summed E-state index contributed by atoms with van der Waals surface area (Å²) in [5, 5.41) is 0.789. The molecular formula is C22H27N3O3S2. The molecule has 30 heavy (non-hydrogen) atoms. The van der Waals surface area contributed by atoms with Gasteiger partial charge in [0.1, 0.15) is 22.2 Å². The standard InChI is InChI=1S/C22H27N3O3S2/c1-13(2)25(11-15-8-7-14(3)28-15)19(26)9-10-29-12-18-23-21(27)20-16-5-4-6-17(16)30-22(20)24-18/h7-8,13H,4-6,9-12H2,1-3H3,(H,23,24,27). The summed E-state index contributed by atoms with van der Waals surface area (Å²) in [4.78, 5) is 36.9. The Hall–Kier alpha value is -2.06. The molecule has 0 bridgehead atoms. The SMILES string of the molecule is Cc1ccc(CN(C(=O)CCSCc2nc3sc4c(c3c(=O)[nH]2)CCC4)C(C)C)o1. The summed E-state index contributed by atoms with van der Waals surface area (Å²) in [5.74, 6) is 3.74. The summed E-state index contributed by atoms with van der Waals surface area (Å²) < 4.78 is 5.63. The predicted octanol–water partition coefficient (Wildman–Crippen LogP) is 4.44. The van der Waals surface area contributed by atoms with Crippen LogP contribution >= 0.6 is 23.1 Å². The molecule has 8 heteroatoms. The molecule has 1 aliphatic rings. The Bertz CT molecular complexity index is 1110. The Balaban J connectivity index is 1.32. The van der Waals surface area contributed by atoms with Crippen LogP contribution in [0.15, 0.2) is 21.3 Å². The number of hydrogen-bond donors (Lipinski definition) is 1. The highest BCUT2D eigenvalue weighted by Crippen LogP contribution is 2.34. The number of fused-ring (bicyclic) bond motifs is 3. The van der Waals surface area contributed by atoms with E-state index in [1.807, 2.05) is 37.8 Å². The van der Waals surface area contributed by atoms with Crippen LogP contribution in [0.25, 0.3) is 10.2 Å². The Kier molecular flexibility index (Phi) is 6.34. The number of aryl methyl sites for hydroxylation is 3. The summed E-state index contributed by atoms with van der Waals surface area (Å²) in [5.41, 5.74) is 1.18. The number of amides is 1. The molecule has 4 rings (SSSR count). The van der Waals surface area contributed by atoms with Crippen LogP contribution in [0.1, 0.15) is 54.5 Å². The summed E-state index contributed by atoms with van der Waals surface area (Å²) in [6, 6.07) is 3.95. The minimum atomic E-state index is -0.0224. The van der Waals surface area contributed by atoms with Gasteiger partial charge in [-0.2, -0.15) is 11.8 Å². The van der Waals surface area contributed by atoms with E-state index in [0.717, 1.165) is 41.0 Å². The van der Waals surface area contributed by atoms with Crippen LogP contribution in [0.4, 0.5) is 0 Å². The molecule has 1 amide bonds. The number of carbonyl (C=O) groups is 1. The van der Waals surface area contributed by atoms with Crippen LogP contribution in [0.2, 0.25) is 0 Å². The first-order valence-corrected chi connectivity index (χ1v) is 12.4. The van der Waals surface area contributed by atoms with Gasteiger partial charge in [0.05, 0.1) is 17.7 Å². The van der Waals surface area contributed by atoms with Crippen molar-refractivity contribution in [2.75, 3.05) is 5.75 Å². The van der Waals surface area contributed by atoms with Gasteiger partial charge in [-0.25, -0.2) is 4.98 Å². The highest BCUT2D eigenvalue weighted by atomic mass is 32.2. The van der Waals surface area contributed by atoms with Gasteiger partial charge in [0, 0.05) is 23.1 Å². The first-order valence-electron chi connectivity index (χ1n) is 10.4. The molecule has 0 radical (unpaired) electrons. The fourth-order valence-corrected chi connectivity index (χ4v) is 5.96. The van der Waals surface area contributed by atoms with Crippen molar-refractivity contribution in [2.45, 2.75) is 64.8 Å². The Labute approximate surface area is 184 Å². The van der Waals surface area contributed by atoms with E-state index in [-0.39, 0.29) is 17.5 Å². The van der Waals surface area contributed by atoms with Gasteiger partial charge >= 0.3 is 0 Å². The average molecular weight is 446 g/mol. The lowest BCUT2D eigenvalue weighted by atomic mass is 10.2. The average Bonchev–Trinajstić information content (AvgIpc) is 3.38. The zero-order valence-corrected chi connectivity index (χ0v) is 19.3. The second-order valence-electron chi connectivity index (χ2n) is 7.98. The Morgan fingerprint density at radius 1 is 1.37 bits per heavy atom. The lowest BCUT2D eigenvalue weighted by Gasteiger charge is -2.26. The number of aromatic nitrogens is 2. The minimum absolute atomic E-state index is 0.0224. The highest BCUT2D eigenvalue weighted by molar-refractivity contribution is 7.98. The third-order valence-corrected chi connectivity index (χ3v) is 7.55. The molecule has 0 atom stereocenters. The van der Waals surface area contributed by atoms with E-state index in [4.69, 9.17) is 4.42 Å². The number of hydrogen-bond acceptors (Lipinski definition) is 6. The third kappa shape index (κ3) is 4.49. The molecule has 1 N–H and O–H groups in total. The van der Waals surface area contributed by atoms with E-state index in [1.54, 1.807) is 23.1 Å². The van der Waals surface area contributed by atoms with E-state index >= 15 is 0 Å². The molecule has 0 aromatic carbocycles. The van der Waals surface area contributed by atoms with Gasteiger partial charge in [0.15, 0.2) is 0 Å². The quantitative estimate of drug-likeness (QED) is 0.519. The summed E-state index contributed by atoms with van der Waals surface area (Å²) >= 11 is 3.28. The predicted molar refractivity (Wildman–Crippen MR) is 122 cm³/mol. The number of furan rings is 1. The van der Waals surface area contributed by atoms with Gasteiger partial charge in [-0.05, 0) is 57.7 Å². The van der Waals surface area contributed by atoms with E-state index < -0.39 is 0 Å². The number of nitrogens with zero attached hydrogens (tertiary/aromatic N) is 2. The number of aromatic amines is 1. The summed E-state index contributed by atoms with van der Waals surface area (Å²) in [7, 11) is 0. The van der Waals surface area contributed by atoms with Crippen molar-refractivity contribution in [2.24, 2.45) is 0 Å². The van der Waals surface area contributed by atoms with Crippen molar-refractivity contribution in [3.8, 4) is 0 Å². The maximum atomic E-state index is 12.7. The number of thioether (sulfide) groups is 1. The Morgan fingerprint density at radius 2 is 2.20 bits per heavy atom. The zero-order valence-electron chi connectivity index (χ0n) is 17.6. The Morgan fingerprint density at radius 3 is 2.93 bits per heavy atom. The zero-order chi connectivity index (χ0) is 21.3. The van der Waals surface area contributed by atoms with Gasteiger partial charge in [0.2, 0.25) is 5.91 Å². The first-order chi connectivity index (χ1) is 14.4. The van der Waals surface area contributed by atoms with Crippen molar-refractivity contribution < 1.29 is 9.21 Å². The molecule has 3 aromatic rings. The van der Waals surface area contributed by atoms with Gasteiger partial charge in [0.25, 0.3) is 5.56 Å². The maximum Gasteiger partial charge on any atom is 0.259 e. The van der Waals surface area contributed by atoms with Crippen LogP contribution in [-0.2, 0) is 29.9 Å². The lowest BCUT2D eigenvalue weighted by Crippen LogP contribution is -2.36. The van der Waals surface area contributed by atoms with Gasteiger partial charge < -0.3 is 14.3 Å². The van der Waals surface area contributed by atoms with Crippen molar-refractivity contribution in [3.05, 3.63) is 50.3 Å². The lowest BCUT2D eigenvalue weighted by molar-refractivity contribution is -0.133. The molecule has 0 unspecified atom stereocenters. The van der Waals surface area contributed by atoms with Crippen LogP contribution in [-0.4, -0.2) is 32.6 Å². The summed E-state index contributed by atoms with van der Waals surface area (Å²) in [6.07, 6.45) is 3.63. The second-order valence-corrected chi connectivity index (χ2v) is 10.2. The van der Waals surface area contributed by atoms with Crippen molar-refractivity contribution in [1.29, 1.82) is 0 Å². The number of rotatable bonds is 8. The summed E-state index contributed by atoms with van der Waals surface area (Å²) in [6.45, 7) is 6.43. The molecule has 160 valence electrons. The van der Waals surface area contributed by atoms with E-state index in [2.05, 4.69) is 9.97 Å². The van der Waals surface area contributed by atoms with Gasteiger partial charge in [-0.3, -0.25) is 9.59 Å². The third-order valence-electron chi connectivity index (χ3n) is 5.39. The van der Waals surface area contributed by atoms with Crippen molar-refractivity contribution >= 4 is 39.2 Å². The fraction of sp³-hybridized carbons (Fsp3) is 0.500. The molecule has 0 saturated heterocycles. The van der Waals surface area contributed by atoms with Crippen molar-refractivity contribution in [3.63, 3.8) is 0 Å². The topological polar surface area (TPSA) is 79.2 Å². The first kappa shape index (κ1) is 21.2. The molecule has 0 spiro atoms. The molecule has 3 heterocycles. The van der Waals surface area contributed by atoms with Crippen LogP contribution in [0.3, 0.4) is 0 Å².